The van der Waals surface area contributed by atoms with Gasteiger partial charge in [0.15, 0.2) is 0 Å². The van der Waals surface area contributed by atoms with Gasteiger partial charge in [0.2, 0.25) is 5.91 Å². The van der Waals surface area contributed by atoms with E-state index in [4.69, 9.17) is 4.74 Å². The molecule has 0 bridgehead atoms. The van der Waals surface area contributed by atoms with Gasteiger partial charge >= 0.3 is 0 Å². The molecular formula is C22H30ClN3O3. The van der Waals surface area contributed by atoms with Crippen LogP contribution < -0.4 is 15.4 Å². The molecule has 0 spiro atoms. The highest BCUT2D eigenvalue weighted by Gasteiger charge is 2.28. The van der Waals surface area contributed by atoms with Gasteiger partial charge < -0.3 is 20.3 Å². The van der Waals surface area contributed by atoms with Gasteiger partial charge in [0.1, 0.15) is 5.75 Å². The lowest BCUT2D eigenvalue weighted by Crippen LogP contribution is -2.45. The molecule has 1 saturated heterocycles. The number of likely N-dealkylation sites (N-methyl/N-ethyl adjacent to an activating group) is 1. The number of nitrogens with one attached hydrogen (secondary N) is 2. The van der Waals surface area contributed by atoms with Crippen molar-refractivity contribution < 1.29 is 14.3 Å². The third-order valence-corrected chi connectivity index (χ3v) is 5.56. The van der Waals surface area contributed by atoms with Crippen LogP contribution in [0.1, 0.15) is 30.1 Å². The first-order chi connectivity index (χ1) is 13.5. The van der Waals surface area contributed by atoms with Gasteiger partial charge in [0.05, 0.1) is 7.11 Å². The van der Waals surface area contributed by atoms with Crippen LogP contribution in [0.4, 0.5) is 0 Å². The predicted molar refractivity (Wildman–Crippen MR) is 118 cm³/mol. The maximum absolute atomic E-state index is 13.1. The molecule has 0 aliphatic carbocycles. The van der Waals surface area contributed by atoms with Crippen molar-refractivity contribution in [1.82, 2.24) is 15.5 Å². The summed E-state index contributed by atoms with van der Waals surface area (Å²) in [7, 11) is 3.51. The van der Waals surface area contributed by atoms with Crippen molar-refractivity contribution in [3.8, 4) is 5.75 Å². The molecule has 1 aliphatic heterocycles. The van der Waals surface area contributed by atoms with Crippen LogP contribution in [0.25, 0.3) is 10.8 Å². The summed E-state index contributed by atoms with van der Waals surface area (Å²) in [5.74, 6) is 0.838. The second kappa shape index (κ2) is 10.5. The molecule has 2 amide bonds. The Morgan fingerprint density at radius 3 is 2.41 bits per heavy atom. The van der Waals surface area contributed by atoms with Crippen molar-refractivity contribution in [3.05, 3.63) is 42.0 Å². The molecule has 3 rings (SSSR count). The summed E-state index contributed by atoms with van der Waals surface area (Å²) in [5.41, 5.74) is 0.683. The van der Waals surface area contributed by atoms with Crippen LogP contribution >= 0.6 is 12.4 Å². The molecule has 1 heterocycles. The third kappa shape index (κ3) is 5.19. The third-order valence-electron chi connectivity index (χ3n) is 5.56. The highest BCUT2D eigenvalue weighted by atomic mass is 35.5. The van der Waals surface area contributed by atoms with Gasteiger partial charge in [-0.25, -0.2) is 0 Å². The zero-order valence-electron chi connectivity index (χ0n) is 17.2. The highest BCUT2D eigenvalue weighted by molar-refractivity contribution is 6.08. The molecule has 158 valence electrons. The van der Waals surface area contributed by atoms with Crippen molar-refractivity contribution in [1.29, 1.82) is 0 Å². The predicted octanol–water partition coefficient (Wildman–Crippen LogP) is 2.85. The zero-order valence-corrected chi connectivity index (χ0v) is 18.1. The second-order valence-electron chi connectivity index (χ2n) is 7.36. The standard InChI is InChI=1S/C22H29N3O3.ClH/c1-15(23-2)14-24-21(26)16-10-12-25(13-11-16)22(27)19-8-9-20(28-3)18-7-5-4-6-17(18)19;/h4-9,15-16,23H,10-14H2,1-3H3,(H,24,26);1H. The second-order valence-corrected chi connectivity index (χ2v) is 7.36. The molecule has 1 fully saturated rings. The Morgan fingerprint density at radius 2 is 1.79 bits per heavy atom. The topological polar surface area (TPSA) is 70.7 Å². The number of benzene rings is 2. The highest BCUT2D eigenvalue weighted by Crippen LogP contribution is 2.30. The summed E-state index contributed by atoms with van der Waals surface area (Å²) in [5, 5.41) is 7.94. The summed E-state index contributed by atoms with van der Waals surface area (Å²) in [6.45, 7) is 3.84. The number of amides is 2. The first-order valence-corrected chi connectivity index (χ1v) is 9.85. The fourth-order valence-electron chi connectivity index (χ4n) is 3.65. The summed E-state index contributed by atoms with van der Waals surface area (Å²) < 4.78 is 5.42. The van der Waals surface area contributed by atoms with E-state index >= 15 is 0 Å². The number of rotatable bonds is 6. The molecule has 2 N–H and O–H groups in total. The quantitative estimate of drug-likeness (QED) is 0.755. The van der Waals surface area contributed by atoms with Gasteiger partial charge in [-0.15, -0.1) is 12.4 Å². The number of fused-ring (bicyclic) bond motifs is 1. The summed E-state index contributed by atoms with van der Waals surface area (Å²) in [6, 6.07) is 11.7. The minimum absolute atomic E-state index is 0. The summed E-state index contributed by atoms with van der Waals surface area (Å²) >= 11 is 0. The van der Waals surface area contributed by atoms with E-state index in [1.807, 2.05) is 55.3 Å². The first kappa shape index (κ1) is 23.0. The lowest BCUT2D eigenvalue weighted by atomic mass is 9.94. The number of carbonyl (C=O) groups excluding carboxylic acids is 2. The molecule has 29 heavy (non-hydrogen) atoms. The van der Waals surface area contributed by atoms with Crippen LogP contribution in [0.15, 0.2) is 36.4 Å². The summed E-state index contributed by atoms with van der Waals surface area (Å²) in [6.07, 6.45) is 1.39. The SMILES string of the molecule is CNC(C)CNC(=O)C1CCN(C(=O)c2ccc(OC)c3ccccc23)CC1.Cl. The van der Waals surface area contributed by atoms with Crippen LogP contribution in [0, 0.1) is 5.92 Å². The molecule has 2 aromatic carbocycles. The number of ether oxygens (including phenoxy) is 1. The van der Waals surface area contributed by atoms with Crippen LogP contribution in [-0.4, -0.2) is 56.5 Å². The van der Waals surface area contributed by atoms with Gasteiger partial charge in [0, 0.05) is 42.5 Å². The Labute approximate surface area is 178 Å². The Kier molecular flexibility index (Phi) is 8.29. The van der Waals surface area contributed by atoms with E-state index in [1.54, 1.807) is 7.11 Å². The lowest BCUT2D eigenvalue weighted by Gasteiger charge is -2.32. The van der Waals surface area contributed by atoms with Gasteiger partial charge in [-0.1, -0.05) is 24.3 Å². The number of nitrogens with zero attached hydrogens (tertiary/aromatic N) is 1. The van der Waals surface area contributed by atoms with E-state index < -0.39 is 0 Å². The van der Waals surface area contributed by atoms with Crippen LogP contribution in [0.3, 0.4) is 0 Å². The van der Waals surface area contributed by atoms with Crippen molar-refractivity contribution >= 4 is 35.0 Å². The number of carbonyl (C=O) groups is 2. The van der Waals surface area contributed by atoms with Gasteiger partial charge in [-0.2, -0.15) is 0 Å². The normalized spacial score (nSPS) is 15.5. The molecule has 7 heteroatoms. The molecule has 1 atom stereocenters. The zero-order chi connectivity index (χ0) is 20.1. The number of likely N-dealkylation sites (tertiary alicyclic amines) is 1. The smallest absolute Gasteiger partial charge is 0.254 e. The first-order valence-electron chi connectivity index (χ1n) is 9.85. The fraction of sp³-hybridized carbons (Fsp3) is 0.455. The average molecular weight is 420 g/mol. The lowest BCUT2D eigenvalue weighted by molar-refractivity contribution is -0.126. The van der Waals surface area contributed by atoms with E-state index in [-0.39, 0.29) is 36.2 Å². The Hall–Kier alpha value is -2.31. The minimum atomic E-state index is -0.0271. The van der Waals surface area contributed by atoms with Crippen molar-refractivity contribution in [2.75, 3.05) is 33.8 Å². The Bertz CT molecular complexity index is 850. The van der Waals surface area contributed by atoms with E-state index in [0.717, 1.165) is 16.5 Å². The van der Waals surface area contributed by atoms with E-state index in [0.29, 0.717) is 38.0 Å². The minimum Gasteiger partial charge on any atom is -0.496 e. The molecule has 0 saturated carbocycles. The fourth-order valence-corrected chi connectivity index (χ4v) is 3.65. The number of halogens is 1. The van der Waals surface area contributed by atoms with E-state index in [1.165, 1.54) is 0 Å². The van der Waals surface area contributed by atoms with Gasteiger partial charge in [-0.05, 0) is 44.3 Å². The number of hydrogen-bond acceptors (Lipinski definition) is 4. The average Bonchev–Trinajstić information content (AvgIpc) is 2.76. The monoisotopic (exact) mass is 419 g/mol. The molecule has 2 aromatic rings. The van der Waals surface area contributed by atoms with Gasteiger partial charge in [-0.3, -0.25) is 9.59 Å². The molecule has 1 aliphatic rings. The van der Waals surface area contributed by atoms with Crippen LogP contribution in [0.2, 0.25) is 0 Å². The van der Waals surface area contributed by atoms with Crippen molar-refractivity contribution in [2.24, 2.45) is 5.92 Å². The van der Waals surface area contributed by atoms with E-state index in [9.17, 15) is 9.59 Å². The van der Waals surface area contributed by atoms with E-state index in [2.05, 4.69) is 10.6 Å². The number of piperidine rings is 1. The maximum Gasteiger partial charge on any atom is 0.254 e. The number of methoxy groups -OCH3 is 1. The van der Waals surface area contributed by atoms with Gasteiger partial charge in [0.25, 0.3) is 5.91 Å². The number of hydrogen-bond donors (Lipinski definition) is 2. The van der Waals surface area contributed by atoms with Crippen molar-refractivity contribution in [2.45, 2.75) is 25.8 Å². The molecule has 0 radical (unpaired) electrons. The van der Waals surface area contributed by atoms with Crippen LogP contribution in [0.5, 0.6) is 5.75 Å². The Balaban J connectivity index is 0.00000300. The molecule has 1 unspecified atom stereocenters. The summed E-state index contributed by atoms with van der Waals surface area (Å²) in [4.78, 5) is 27.3. The Morgan fingerprint density at radius 1 is 1.14 bits per heavy atom. The molecule has 0 aromatic heterocycles. The maximum atomic E-state index is 13.1. The molecule has 6 nitrogen and oxygen atoms in total. The molecular weight excluding hydrogens is 390 g/mol. The van der Waals surface area contributed by atoms with Crippen LogP contribution in [-0.2, 0) is 4.79 Å². The largest absolute Gasteiger partial charge is 0.496 e. The van der Waals surface area contributed by atoms with Crippen molar-refractivity contribution in [3.63, 3.8) is 0 Å².